The van der Waals surface area contributed by atoms with E-state index in [0.717, 1.165) is 38.9 Å². The molecule has 0 unspecified atom stereocenters. The molecule has 5 heteroatoms. The highest BCUT2D eigenvalue weighted by molar-refractivity contribution is 6.31. The summed E-state index contributed by atoms with van der Waals surface area (Å²) in [6, 6.07) is 14.6. The van der Waals surface area contributed by atoms with Gasteiger partial charge in [0.05, 0.1) is 5.02 Å². The van der Waals surface area contributed by atoms with E-state index in [4.69, 9.17) is 11.6 Å². The van der Waals surface area contributed by atoms with Gasteiger partial charge in [-0.15, -0.1) is 0 Å². The molecular weight excluding hydrogens is 339 g/mol. The van der Waals surface area contributed by atoms with Gasteiger partial charge in [-0.3, -0.25) is 4.79 Å². The summed E-state index contributed by atoms with van der Waals surface area (Å²) in [5.41, 5.74) is 1.72. The molecule has 3 rings (SSSR count). The van der Waals surface area contributed by atoms with E-state index >= 15 is 0 Å². The number of piperidine rings is 1. The Balaban J connectivity index is 1.52. The molecule has 1 aliphatic rings. The topological polar surface area (TPSA) is 32.3 Å². The monoisotopic (exact) mass is 360 g/mol. The van der Waals surface area contributed by atoms with Crippen LogP contribution in [0.2, 0.25) is 5.02 Å². The third-order valence-corrected chi connectivity index (χ3v) is 4.87. The van der Waals surface area contributed by atoms with Crippen LogP contribution in [-0.2, 0) is 6.42 Å². The largest absolute Gasteiger partial charge is 0.348 e. The Hall–Kier alpha value is -1.91. The van der Waals surface area contributed by atoms with Crippen molar-refractivity contribution in [1.82, 2.24) is 10.2 Å². The summed E-state index contributed by atoms with van der Waals surface area (Å²) in [6.45, 7) is 2.88. The van der Waals surface area contributed by atoms with Crippen molar-refractivity contribution >= 4 is 17.5 Å². The van der Waals surface area contributed by atoms with Gasteiger partial charge in [0, 0.05) is 24.7 Å². The molecule has 1 aliphatic heterocycles. The number of nitrogens with one attached hydrogen (secondary N) is 1. The second-order valence-electron chi connectivity index (χ2n) is 6.48. The third-order valence-electron chi connectivity index (χ3n) is 4.58. The first-order chi connectivity index (χ1) is 12.1. The minimum atomic E-state index is -0.511. The molecule has 1 atom stereocenters. The molecule has 2 aromatic carbocycles. The molecule has 2 aromatic rings. The van der Waals surface area contributed by atoms with E-state index in [9.17, 15) is 9.18 Å². The first kappa shape index (κ1) is 17.9. The maximum atomic E-state index is 13.2. The molecule has 25 heavy (non-hydrogen) atoms. The molecule has 1 fully saturated rings. The van der Waals surface area contributed by atoms with Crippen molar-refractivity contribution in [3.8, 4) is 0 Å². The number of likely N-dealkylation sites (tertiary alicyclic amines) is 1. The Morgan fingerprint density at radius 2 is 2.04 bits per heavy atom. The molecule has 0 bridgehead atoms. The number of hydrogen-bond donors (Lipinski definition) is 1. The molecule has 0 aliphatic carbocycles. The molecule has 132 valence electrons. The first-order valence-corrected chi connectivity index (χ1v) is 9.02. The zero-order valence-corrected chi connectivity index (χ0v) is 14.8. The highest BCUT2D eigenvalue weighted by atomic mass is 35.5. The zero-order valence-electron chi connectivity index (χ0n) is 14.1. The zero-order chi connectivity index (χ0) is 17.6. The van der Waals surface area contributed by atoms with Crippen LogP contribution in [0.1, 0.15) is 28.8 Å². The summed E-state index contributed by atoms with van der Waals surface area (Å²) < 4.78 is 13.2. The highest BCUT2D eigenvalue weighted by Gasteiger charge is 2.22. The van der Waals surface area contributed by atoms with Crippen molar-refractivity contribution in [2.45, 2.75) is 25.3 Å². The summed E-state index contributed by atoms with van der Waals surface area (Å²) in [7, 11) is 0. The van der Waals surface area contributed by atoms with Crippen molar-refractivity contribution in [2.24, 2.45) is 0 Å². The van der Waals surface area contributed by atoms with Gasteiger partial charge in [0.25, 0.3) is 5.91 Å². The number of carbonyl (C=O) groups excluding carboxylic acids is 1. The Morgan fingerprint density at radius 3 is 2.80 bits per heavy atom. The number of nitrogens with zero attached hydrogens (tertiary/aromatic N) is 1. The van der Waals surface area contributed by atoms with E-state index < -0.39 is 5.82 Å². The van der Waals surface area contributed by atoms with Crippen LogP contribution in [0.4, 0.5) is 4.39 Å². The van der Waals surface area contributed by atoms with Gasteiger partial charge in [-0.25, -0.2) is 4.39 Å². The van der Waals surface area contributed by atoms with Crippen LogP contribution in [0.3, 0.4) is 0 Å². The third kappa shape index (κ3) is 5.03. The number of halogens is 2. The van der Waals surface area contributed by atoms with Gasteiger partial charge in [0.1, 0.15) is 5.82 Å². The van der Waals surface area contributed by atoms with E-state index in [1.54, 1.807) is 0 Å². The van der Waals surface area contributed by atoms with Gasteiger partial charge in [-0.05, 0) is 49.6 Å². The van der Waals surface area contributed by atoms with Gasteiger partial charge >= 0.3 is 0 Å². The lowest BCUT2D eigenvalue weighted by Gasteiger charge is -2.33. The van der Waals surface area contributed by atoms with Gasteiger partial charge in [0.2, 0.25) is 0 Å². The average molecular weight is 361 g/mol. The van der Waals surface area contributed by atoms with Crippen molar-refractivity contribution in [3.05, 3.63) is 70.5 Å². The van der Waals surface area contributed by atoms with Gasteiger partial charge in [-0.1, -0.05) is 41.9 Å². The van der Waals surface area contributed by atoms with Crippen molar-refractivity contribution in [3.63, 3.8) is 0 Å². The van der Waals surface area contributed by atoms with Crippen LogP contribution in [0.25, 0.3) is 0 Å². The Kier molecular flexibility index (Phi) is 6.05. The first-order valence-electron chi connectivity index (χ1n) is 8.64. The quantitative estimate of drug-likeness (QED) is 0.876. The van der Waals surface area contributed by atoms with Gasteiger partial charge in [0.15, 0.2) is 0 Å². The summed E-state index contributed by atoms with van der Waals surface area (Å²) in [5.74, 6) is -0.709. The number of rotatable bonds is 5. The van der Waals surface area contributed by atoms with E-state index in [-0.39, 0.29) is 17.0 Å². The number of carbonyl (C=O) groups is 1. The molecule has 0 aromatic heterocycles. The predicted molar refractivity (Wildman–Crippen MR) is 98.5 cm³/mol. The lowest BCUT2D eigenvalue weighted by Crippen LogP contribution is -2.48. The van der Waals surface area contributed by atoms with Crippen LogP contribution >= 0.6 is 11.6 Å². The maximum Gasteiger partial charge on any atom is 0.251 e. The number of benzene rings is 2. The highest BCUT2D eigenvalue weighted by Crippen LogP contribution is 2.17. The van der Waals surface area contributed by atoms with E-state index in [1.807, 2.05) is 6.07 Å². The fourth-order valence-electron chi connectivity index (χ4n) is 3.21. The number of hydrogen-bond acceptors (Lipinski definition) is 2. The molecule has 0 spiro atoms. The second kappa shape index (κ2) is 8.45. The van der Waals surface area contributed by atoms with E-state index in [0.29, 0.717) is 5.56 Å². The number of amides is 1. The van der Waals surface area contributed by atoms with Crippen molar-refractivity contribution in [2.75, 3.05) is 19.6 Å². The van der Waals surface area contributed by atoms with Crippen molar-refractivity contribution in [1.29, 1.82) is 0 Å². The normalized spacial score (nSPS) is 18.1. The second-order valence-corrected chi connectivity index (χ2v) is 6.88. The van der Waals surface area contributed by atoms with Crippen LogP contribution in [-0.4, -0.2) is 36.5 Å². The summed E-state index contributed by atoms with van der Waals surface area (Å²) >= 11 is 5.76. The van der Waals surface area contributed by atoms with E-state index in [1.165, 1.54) is 23.8 Å². The molecule has 1 N–H and O–H groups in total. The van der Waals surface area contributed by atoms with Crippen LogP contribution in [0, 0.1) is 5.82 Å². The Bertz CT molecular complexity index is 723. The summed E-state index contributed by atoms with van der Waals surface area (Å²) in [4.78, 5) is 14.7. The molecule has 1 heterocycles. The smallest absolute Gasteiger partial charge is 0.251 e. The minimum absolute atomic E-state index is 0.0271. The van der Waals surface area contributed by atoms with Gasteiger partial charge < -0.3 is 10.2 Å². The summed E-state index contributed by atoms with van der Waals surface area (Å²) in [6.07, 6.45) is 3.03. The van der Waals surface area contributed by atoms with Crippen molar-refractivity contribution < 1.29 is 9.18 Å². The SMILES string of the molecule is O=C(N[C@H]1CCCN(CCc2ccccc2)C1)c1ccc(F)c(Cl)c1. The van der Waals surface area contributed by atoms with E-state index in [2.05, 4.69) is 34.5 Å². The van der Waals surface area contributed by atoms with Crippen LogP contribution in [0.15, 0.2) is 48.5 Å². The van der Waals surface area contributed by atoms with Crippen LogP contribution in [0.5, 0.6) is 0 Å². The Morgan fingerprint density at radius 1 is 1.24 bits per heavy atom. The summed E-state index contributed by atoms with van der Waals surface area (Å²) in [5, 5.41) is 3.02. The fraction of sp³-hybridized carbons (Fsp3) is 0.350. The molecule has 3 nitrogen and oxygen atoms in total. The average Bonchev–Trinajstić information content (AvgIpc) is 2.63. The van der Waals surface area contributed by atoms with Gasteiger partial charge in [-0.2, -0.15) is 0 Å². The molecular formula is C20H22ClFN2O. The lowest BCUT2D eigenvalue weighted by atomic mass is 10.0. The maximum absolute atomic E-state index is 13.2. The lowest BCUT2D eigenvalue weighted by molar-refractivity contribution is 0.0904. The van der Waals surface area contributed by atoms with Crippen LogP contribution < -0.4 is 5.32 Å². The molecule has 0 saturated carbocycles. The Labute approximate surface area is 152 Å². The minimum Gasteiger partial charge on any atom is -0.348 e. The molecule has 0 radical (unpaired) electrons. The standard InChI is InChI=1S/C20H22ClFN2O/c21-18-13-16(8-9-19(18)22)20(25)23-17-7-4-11-24(14-17)12-10-15-5-2-1-3-6-15/h1-3,5-6,8-9,13,17H,4,7,10-12,14H2,(H,23,25)/t17-/m0/s1. The molecule has 1 saturated heterocycles. The predicted octanol–water partition coefficient (Wildman–Crippen LogP) is 3.92. The fourth-order valence-corrected chi connectivity index (χ4v) is 3.39. The molecule has 1 amide bonds.